The molecule has 1 saturated carbocycles. The lowest BCUT2D eigenvalue weighted by molar-refractivity contribution is -0.117. The molecule has 1 aromatic heterocycles. The van der Waals surface area contributed by atoms with Crippen LogP contribution < -0.4 is 21.1 Å². The predicted molar refractivity (Wildman–Crippen MR) is 148 cm³/mol. The summed E-state index contributed by atoms with van der Waals surface area (Å²) in [5.74, 6) is 1.73. The molecule has 0 bridgehead atoms. The number of carbonyl (C=O) groups is 1. The van der Waals surface area contributed by atoms with Gasteiger partial charge in [0.1, 0.15) is 11.6 Å². The zero-order chi connectivity index (χ0) is 23.2. The summed E-state index contributed by atoms with van der Waals surface area (Å²) in [5, 5.41) is 8.50. The fourth-order valence-electron chi connectivity index (χ4n) is 4.14. The molecule has 4 rings (SSSR count). The zero-order valence-electron chi connectivity index (χ0n) is 19.4. The van der Waals surface area contributed by atoms with Gasteiger partial charge in [-0.3, -0.25) is 4.79 Å². The fourth-order valence-corrected chi connectivity index (χ4v) is 4.26. The molecule has 1 aliphatic rings. The molecule has 7 nitrogen and oxygen atoms in total. The number of methoxy groups -OCH3 is 1. The first-order valence-corrected chi connectivity index (χ1v) is 11.5. The number of halogens is 3. The molecular weight excluding hydrogens is 509 g/mol. The maximum absolute atomic E-state index is 11.3. The molecule has 188 valence electrons. The lowest BCUT2D eigenvalue weighted by atomic mass is 9.90. The molecule has 0 aliphatic heterocycles. The van der Waals surface area contributed by atoms with Gasteiger partial charge in [-0.2, -0.15) is 0 Å². The molecule has 0 radical (unpaired) electrons. The number of nitrogens with one attached hydrogen (secondary N) is 2. The van der Waals surface area contributed by atoms with Crippen molar-refractivity contribution >= 4 is 71.2 Å². The normalized spacial score (nSPS) is 17.4. The quantitative estimate of drug-likeness (QED) is 0.369. The van der Waals surface area contributed by atoms with Gasteiger partial charge in [-0.1, -0.05) is 42.7 Å². The molecule has 1 heterocycles. The smallest absolute Gasteiger partial charge is 0.231 e. The van der Waals surface area contributed by atoms with Crippen molar-refractivity contribution in [2.24, 2.45) is 5.73 Å². The van der Waals surface area contributed by atoms with Crippen molar-refractivity contribution in [1.29, 1.82) is 0 Å². The monoisotopic (exact) mass is 537 g/mol. The Balaban J connectivity index is 0.00000216. The highest BCUT2D eigenvalue weighted by Crippen LogP contribution is 2.29. The van der Waals surface area contributed by atoms with E-state index in [0.717, 1.165) is 53.7 Å². The molecule has 0 saturated heterocycles. The van der Waals surface area contributed by atoms with Crippen LogP contribution >= 0.6 is 36.4 Å². The highest BCUT2D eigenvalue weighted by Gasteiger charge is 2.26. The average Bonchev–Trinajstić information content (AvgIpc) is 2.83. The van der Waals surface area contributed by atoms with Crippen LogP contribution in [-0.2, 0) is 4.79 Å². The van der Waals surface area contributed by atoms with Crippen molar-refractivity contribution in [3.8, 4) is 5.75 Å². The highest BCUT2D eigenvalue weighted by molar-refractivity contribution is 6.30. The average molecular weight is 539 g/mol. The topological polar surface area (TPSA) is 102 Å². The Bertz CT molecular complexity index is 1160. The van der Waals surface area contributed by atoms with E-state index >= 15 is 0 Å². The van der Waals surface area contributed by atoms with Crippen molar-refractivity contribution in [1.82, 2.24) is 15.3 Å². The second kappa shape index (κ2) is 13.5. The number of carbonyl (C=O) groups excluding carboxylic acids is 1. The Kier molecular flexibility index (Phi) is 11.0. The van der Waals surface area contributed by atoms with E-state index in [9.17, 15) is 4.79 Å². The molecule has 1 amide bonds. The van der Waals surface area contributed by atoms with Crippen LogP contribution in [0.4, 0.5) is 5.82 Å². The molecule has 1 aliphatic carbocycles. The van der Waals surface area contributed by atoms with Crippen LogP contribution in [0, 0.1) is 0 Å². The number of ether oxygens (including phenoxy) is 1. The third kappa shape index (κ3) is 7.70. The van der Waals surface area contributed by atoms with Gasteiger partial charge in [0.05, 0.1) is 19.2 Å². The second-order valence-corrected chi connectivity index (χ2v) is 8.62. The molecule has 0 spiro atoms. The summed E-state index contributed by atoms with van der Waals surface area (Å²) in [5.41, 5.74) is 7.18. The molecule has 35 heavy (non-hydrogen) atoms. The van der Waals surface area contributed by atoms with Crippen LogP contribution in [0.15, 0.2) is 42.5 Å². The number of benzene rings is 2. The number of hydrogen-bond acceptors (Lipinski definition) is 6. The molecule has 2 atom stereocenters. The number of nitrogens with two attached hydrogens (primary N) is 1. The highest BCUT2D eigenvalue weighted by atomic mass is 35.5. The van der Waals surface area contributed by atoms with E-state index in [1.807, 2.05) is 54.6 Å². The van der Waals surface area contributed by atoms with E-state index in [-0.39, 0.29) is 49.3 Å². The van der Waals surface area contributed by atoms with Gasteiger partial charge < -0.3 is 21.1 Å². The number of anilines is 1. The van der Waals surface area contributed by atoms with Crippen molar-refractivity contribution < 1.29 is 9.53 Å². The van der Waals surface area contributed by atoms with Gasteiger partial charge in [-0.25, -0.2) is 9.97 Å². The molecule has 2 aromatic carbocycles. The maximum Gasteiger partial charge on any atom is 0.231 e. The Hall–Kier alpha value is -2.58. The SMILES string of the molecule is COc1ccc2nc(/C=C\c3ccc(Cl)cc3)nc(NC3CCCCC3NCC(N)=O)c2c1.Cl.Cl. The first-order valence-electron chi connectivity index (χ1n) is 11.1. The van der Waals surface area contributed by atoms with Crippen LogP contribution in [-0.4, -0.2) is 41.6 Å². The second-order valence-electron chi connectivity index (χ2n) is 8.19. The van der Waals surface area contributed by atoms with Crippen molar-refractivity contribution in [2.45, 2.75) is 37.8 Å². The lowest BCUT2D eigenvalue weighted by Crippen LogP contribution is -2.48. The summed E-state index contributed by atoms with van der Waals surface area (Å²) < 4.78 is 5.43. The van der Waals surface area contributed by atoms with Crippen molar-refractivity contribution in [3.63, 3.8) is 0 Å². The van der Waals surface area contributed by atoms with Crippen LogP contribution in [0.5, 0.6) is 5.75 Å². The largest absolute Gasteiger partial charge is 0.497 e. The van der Waals surface area contributed by atoms with Crippen LogP contribution in [0.2, 0.25) is 5.02 Å². The van der Waals surface area contributed by atoms with E-state index in [2.05, 4.69) is 10.6 Å². The number of amides is 1. The lowest BCUT2D eigenvalue weighted by Gasteiger charge is -2.33. The van der Waals surface area contributed by atoms with E-state index in [1.54, 1.807) is 7.11 Å². The first kappa shape index (κ1) is 28.7. The fraction of sp³-hybridized carbons (Fsp3) is 0.320. The predicted octanol–water partition coefficient (Wildman–Crippen LogP) is 5.10. The van der Waals surface area contributed by atoms with E-state index in [4.69, 9.17) is 32.0 Å². The Morgan fingerprint density at radius 3 is 2.49 bits per heavy atom. The van der Waals surface area contributed by atoms with Gasteiger partial charge in [-0.05, 0) is 54.8 Å². The Morgan fingerprint density at radius 1 is 1.09 bits per heavy atom. The van der Waals surface area contributed by atoms with Crippen LogP contribution in [0.3, 0.4) is 0 Å². The maximum atomic E-state index is 11.3. The summed E-state index contributed by atoms with van der Waals surface area (Å²) in [6.45, 7) is 0.163. The van der Waals surface area contributed by atoms with E-state index in [1.165, 1.54) is 0 Å². The molecular formula is C25H30Cl3N5O2. The third-order valence-corrected chi connectivity index (χ3v) is 6.09. The number of aromatic nitrogens is 2. The summed E-state index contributed by atoms with van der Waals surface area (Å²) in [6.07, 6.45) is 8.02. The van der Waals surface area contributed by atoms with Crippen molar-refractivity contribution in [2.75, 3.05) is 19.0 Å². The van der Waals surface area contributed by atoms with Gasteiger partial charge in [-0.15, -0.1) is 24.8 Å². The summed E-state index contributed by atoms with van der Waals surface area (Å²) in [4.78, 5) is 20.8. The van der Waals surface area contributed by atoms with Gasteiger partial charge in [0.2, 0.25) is 5.91 Å². The van der Waals surface area contributed by atoms with Crippen molar-refractivity contribution in [3.05, 3.63) is 58.9 Å². The Labute approximate surface area is 222 Å². The summed E-state index contributed by atoms with van der Waals surface area (Å²) in [7, 11) is 1.64. The van der Waals surface area contributed by atoms with E-state index in [0.29, 0.717) is 10.8 Å². The van der Waals surface area contributed by atoms with Gasteiger partial charge in [0.25, 0.3) is 0 Å². The van der Waals surface area contributed by atoms with E-state index < -0.39 is 0 Å². The van der Waals surface area contributed by atoms with Crippen LogP contribution in [0.25, 0.3) is 23.1 Å². The Morgan fingerprint density at radius 2 is 1.80 bits per heavy atom. The minimum Gasteiger partial charge on any atom is -0.497 e. The number of nitrogens with zero attached hydrogens (tertiary/aromatic N) is 2. The number of fused-ring (bicyclic) bond motifs is 1. The molecule has 1 fully saturated rings. The third-order valence-electron chi connectivity index (χ3n) is 5.84. The van der Waals surface area contributed by atoms with Crippen LogP contribution in [0.1, 0.15) is 37.1 Å². The molecule has 4 N–H and O–H groups in total. The molecule has 3 aromatic rings. The van der Waals surface area contributed by atoms with Gasteiger partial charge in [0.15, 0.2) is 5.82 Å². The molecule has 2 unspecified atom stereocenters. The van der Waals surface area contributed by atoms with Gasteiger partial charge in [0, 0.05) is 22.5 Å². The first-order chi connectivity index (χ1) is 16.0. The number of primary amides is 1. The summed E-state index contributed by atoms with van der Waals surface area (Å²) >= 11 is 5.99. The standard InChI is InChI=1S/C25H28ClN5O2.2ClH/c1-33-18-11-12-20-19(14-18)25(30-22-5-3-2-4-21(22)28-15-23(27)32)31-24(29-20)13-8-16-6-9-17(26)10-7-16;;/h6-14,21-22,28H,2-5,15H2,1H3,(H2,27,32)(H,29,30,31);2*1H/b13-8-;;. The minimum atomic E-state index is -0.355. The number of hydrogen-bond donors (Lipinski definition) is 3. The zero-order valence-corrected chi connectivity index (χ0v) is 21.8. The number of rotatable bonds is 8. The minimum absolute atomic E-state index is 0. The van der Waals surface area contributed by atoms with Gasteiger partial charge >= 0.3 is 0 Å². The summed E-state index contributed by atoms with van der Waals surface area (Å²) in [6, 6.07) is 13.6. The molecule has 10 heteroatoms.